The van der Waals surface area contributed by atoms with E-state index in [2.05, 4.69) is 4.74 Å². The number of carbonyl (C=O) groups excluding carboxylic acids is 4. The third-order valence-electron chi connectivity index (χ3n) is 6.40. The van der Waals surface area contributed by atoms with Crippen LogP contribution in [0.1, 0.15) is 6.42 Å². The SMILES string of the molecule is COC(=O)/C=C/C(=O)OCCC12OC3C4C1C2(C(=O)OC)C34C(=O)OC. The summed E-state index contributed by atoms with van der Waals surface area (Å²) >= 11 is 0. The third-order valence-corrected chi connectivity index (χ3v) is 6.40. The Bertz CT molecular complexity index is 751. The van der Waals surface area contributed by atoms with Gasteiger partial charge in [0.2, 0.25) is 0 Å². The van der Waals surface area contributed by atoms with Gasteiger partial charge in [-0.3, -0.25) is 9.59 Å². The first kappa shape index (κ1) is 17.0. The Labute approximate surface area is 148 Å². The molecule has 6 atom stereocenters. The van der Waals surface area contributed by atoms with E-state index in [9.17, 15) is 19.2 Å². The summed E-state index contributed by atoms with van der Waals surface area (Å²) in [5, 5.41) is 0. The van der Waals surface area contributed by atoms with Crippen molar-refractivity contribution in [1.29, 1.82) is 0 Å². The standard InChI is InChI=1S/C17H18O9/c1-22-8(18)4-5-9(19)25-7-6-15-11-10-12(26-15)16(10,13(20)23-2)17(11,15)14(21)24-3/h4-5,10-12H,6-7H2,1-3H3/b5-4+. The van der Waals surface area contributed by atoms with Crippen molar-refractivity contribution in [2.24, 2.45) is 22.7 Å². The molecule has 0 N–H and O–H groups in total. The highest BCUT2D eigenvalue weighted by Gasteiger charge is 3.17. The number of carbonyl (C=O) groups is 4. The minimum Gasteiger partial charge on any atom is -0.468 e. The summed E-state index contributed by atoms with van der Waals surface area (Å²) < 4.78 is 25.3. The zero-order valence-corrected chi connectivity index (χ0v) is 14.5. The zero-order valence-electron chi connectivity index (χ0n) is 14.5. The van der Waals surface area contributed by atoms with E-state index in [1.54, 1.807) is 0 Å². The van der Waals surface area contributed by atoms with Crippen LogP contribution in [0.5, 0.6) is 0 Å². The van der Waals surface area contributed by atoms with Gasteiger partial charge in [-0.25, -0.2) is 9.59 Å². The smallest absolute Gasteiger partial charge is 0.331 e. The zero-order chi connectivity index (χ0) is 18.9. The highest BCUT2D eigenvalue weighted by Crippen LogP contribution is 3.04. The molecule has 0 amide bonds. The molecular formula is C17H18O9. The first-order chi connectivity index (χ1) is 12.4. The van der Waals surface area contributed by atoms with Crippen molar-refractivity contribution in [2.45, 2.75) is 18.1 Å². The van der Waals surface area contributed by atoms with Gasteiger partial charge in [0.25, 0.3) is 0 Å². The van der Waals surface area contributed by atoms with Gasteiger partial charge in [-0.1, -0.05) is 0 Å². The minimum absolute atomic E-state index is 0.0176. The molecule has 3 aliphatic carbocycles. The Hall–Kier alpha value is -2.42. The van der Waals surface area contributed by atoms with Crippen LogP contribution in [0.25, 0.3) is 0 Å². The predicted molar refractivity (Wildman–Crippen MR) is 80.2 cm³/mol. The lowest BCUT2D eigenvalue weighted by Gasteiger charge is -2.29. The Morgan fingerprint density at radius 3 is 2.19 bits per heavy atom. The largest absolute Gasteiger partial charge is 0.468 e. The molecule has 5 rings (SSSR count). The Balaban J connectivity index is 1.44. The molecule has 0 aromatic rings. The molecule has 6 unspecified atom stereocenters. The third kappa shape index (κ3) is 1.48. The van der Waals surface area contributed by atoms with Crippen molar-refractivity contribution in [3.05, 3.63) is 12.2 Å². The van der Waals surface area contributed by atoms with E-state index in [1.165, 1.54) is 21.3 Å². The molecule has 0 aromatic carbocycles. The van der Waals surface area contributed by atoms with Gasteiger partial charge in [-0.15, -0.1) is 0 Å². The van der Waals surface area contributed by atoms with Crippen molar-refractivity contribution in [3.63, 3.8) is 0 Å². The van der Waals surface area contributed by atoms with Gasteiger partial charge >= 0.3 is 23.9 Å². The molecule has 0 spiro atoms. The van der Waals surface area contributed by atoms with E-state index in [-0.39, 0.29) is 31.0 Å². The molecule has 2 bridgehead atoms. The molecule has 2 saturated heterocycles. The number of hydrogen-bond donors (Lipinski definition) is 0. The summed E-state index contributed by atoms with van der Waals surface area (Å²) in [6.07, 6.45) is 1.83. The normalized spacial score (nSPS) is 42.3. The number of methoxy groups -OCH3 is 3. The van der Waals surface area contributed by atoms with Gasteiger partial charge in [0.1, 0.15) is 10.8 Å². The second-order valence-electron chi connectivity index (χ2n) is 6.87. The molecule has 9 heteroatoms. The molecule has 0 aromatic heterocycles. The van der Waals surface area contributed by atoms with E-state index in [0.29, 0.717) is 0 Å². The molecule has 2 aliphatic heterocycles. The second-order valence-corrected chi connectivity index (χ2v) is 6.87. The van der Waals surface area contributed by atoms with Crippen LogP contribution in [-0.2, 0) is 42.9 Å². The summed E-state index contributed by atoms with van der Waals surface area (Å²) in [6.45, 7) is -0.0176. The van der Waals surface area contributed by atoms with Crippen molar-refractivity contribution < 1.29 is 42.9 Å². The highest BCUT2D eigenvalue weighted by atomic mass is 16.6. The van der Waals surface area contributed by atoms with Crippen LogP contribution >= 0.6 is 0 Å². The molecule has 9 nitrogen and oxygen atoms in total. The quantitative estimate of drug-likeness (QED) is 0.330. The van der Waals surface area contributed by atoms with Gasteiger partial charge in [0, 0.05) is 30.4 Å². The Morgan fingerprint density at radius 2 is 1.62 bits per heavy atom. The molecule has 2 heterocycles. The van der Waals surface area contributed by atoms with E-state index in [0.717, 1.165) is 12.2 Å². The fourth-order valence-electron chi connectivity index (χ4n) is 5.65. The second kappa shape index (κ2) is 5.06. The van der Waals surface area contributed by atoms with E-state index < -0.39 is 40.3 Å². The summed E-state index contributed by atoms with van der Waals surface area (Å²) in [4.78, 5) is 47.4. The summed E-state index contributed by atoms with van der Waals surface area (Å²) in [5.74, 6) is -2.47. The van der Waals surface area contributed by atoms with Gasteiger partial charge in [0.15, 0.2) is 0 Å². The molecule has 26 heavy (non-hydrogen) atoms. The molecule has 0 radical (unpaired) electrons. The summed E-state index contributed by atoms with van der Waals surface area (Å²) in [6, 6.07) is 0. The fraction of sp³-hybridized carbons (Fsp3) is 0.647. The van der Waals surface area contributed by atoms with Crippen molar-refractivity contribution >= 4 is 23.9 Å². The number of esters is 4. The maximum absolute atomic E-state index is 12.5. The van der Waals surface area contributed by atoms with Crippen LogP contribution in [0.3, 0.4) is 0 Å². The van der Waals surface area contributed by atoms with Gasteiger partial charge < -0.3 is 23.7 Å². The van der Waals surface area contributed by atoms with Gasteiger partial charge in [-0.05, 0) is 0 Å². The van der Waals surface area contributed by atoms with Crippen LogP contribution in [0, 0.1) is 22.7 Å². The topological polar surface area (TPSA) is 114 Å². The van der Waals surface area contributed by atoms with Crippen LogP contribution < -0.4 is 0 Å². The van der Waals surface area contributed by atoms with E-state index in [1.807, 2.05) is 0 Å². The number of ether oxygens (including phenoxy) is 5. The first-order valence-corrected chi connectivity index (χ1v) is 8.17. The number of rotatable bonds is 7. The summed E-state index contributed by atoms with van der Waals surface area (Å²) in [7, 11) is 3.75. The summed E-state index contributed by atoms with van der Waals surface area (Å²) in [5.41, 5.74) is -2.84. The predicted octanol–water partition coefficient (Wildman–Crippen LogP) is -0.621. The molecule has 5 fully saturated rings. The van der Waals surface area contributed by atoms with E-state index in [4.69, 9.17) is 18.9 Å². The van der Waals surface area contributed by atoms with Crippen LogP contribution in [0.4, 0.5) is 0 Å². The average Bonchev–Trinajstić information content (AvgIpc) is 3.26. The molecule has 140 valence electrons. The molecular weight excluding hydrogens is 348 g/mol. The lowest BCUT2D eigenvalue weighted by Crippen LogP contribution is -2.46. The lowest BCUT2D eigenvalue weighted by molar-refractivity contribution is -0.169. The fourth-order valence-corrected chi connectivity index (χ4v) is 5.65. The molecule has 3 saturated carbocycles. The van der Waals surface area contributed by atoms with Crippen LogP contribution in [0.2, 0.25) is 0 Å². The average molecular weight is 366 g/mol. The van der Waals surface area contributed by atoms with E-state index >= 15 is 0 Å². The van der Waals surface area contributed by atoms with Crippen molar-refractivity contribution in [3.8, 4) is 0 Å². The van der Waals surface area contributed by atoms with Crippen molar-refractivity contribution in [2.75, 3.05) is 27.9 Å². The highest BCUT2D eigenvalue weighted by molar-refractivity contribution is 6.03. The minimum atomic E-state index is -1.04. The van der Waals surface area contributed by atoms with Crippen molar-refractivity contribution in [1.82, 2.24) is 0 Å². The lowest BCUT2D eigenvalue weighted by atomic mass is 9.71. The monoisotopic (exact) mass is 366 g/mol. The molecule has 5 aliphatic rings. The Morgan fingerprint density at radius 1 is 0.962 bits per heavy atom. The van der Waals surface area contributed by atoms with Gasteiger partial charge in [-0.2, -0.15) is 0 Å². The van der Waals surface area contributed by atoms with Crippen LogP contribution in [0.15, 0.2) is 12.2 Å². The van der Waals surface area contributed by atoms with Gasteiger partial charge in [0.05, 0.1) is 39.6 Å². The number of hydrogen-bond acceptors (Lipinski definition) is 9. The maximum atomic E-state index is 12.5. The first-order valence-electron chi connectivity index (χ1n) is 8.17. The Kier molecular flexibility index (Phi) is 3.31. The van der Waals surface area contributed by atoms with Crippen LogP contribution in [-0.4, -0.2) is 63.5 Å². The maximum Gasteiger partial charge on any atom is 0.331 e.